The van der Waals surface area contributed by atoms with Gasteiger partial charge in [0.25, 0.3) is 0 Å². The SMILES string of the molecule is Cc1ccc2nc(SCC(=O)Nc3nc4ccccc4s3)c(C#N)cc2c1. The van der Waals surface area contributed by atoms with E-state index in [1.165, 1.54) is 23.1 Å². The Hall–Kier alpha value is -2.95. The lowest BCUT2D eigenvalue weighted by Crippen LogP contribution is -2.14. The first-order valence-corrected chi connectivity index (χ1v) is 10.0. The highest BCUT2D eigenvalue weighted by Gasteiger charge is 2.12. The molecule has 0 unspecified atom stereocenters. The summed E-state index contributed by atoms with van der Waals surface area (Å²) in [6.45, 7) is 2.00. The van der Waals surface area contributed by atoms with Crippen LogP contribution in [-0.2, 0) is 4.79 Å². The number of anilines is 1. The van der Waals surface area contributed by atoms with Crippen LogP contribution in [0.4, 0.5) is 5.13 Å². The number of pyridine rings is 1. The largest absolute Gasteiger partial charge is 0.301 e. The molecule has 132 valence electrons. The van der Waals surface area contributed by atoms with Gasteiger partial charge in [-0.25, -0.2) is 9.97 Å². The quantitative estimate of drug-likeness (QED) is 0.509. The predicted molar refractivity (Wildman–Crippen MR) is 110 cm³/mol. The molecule has 0 aliphatic heterocycles. The zero-order valence-electron chi connectivity index (χ0n) is 14.4. The van der Waals surface area contributed by atoms with E-state index < -0.39 is 0 Å². The number of aromatic nitrogens is 2. The van der Waals surface area contributed by atoms with Crippen molar-refractivity contribution in [2.75, 3.05) is 11.1 Å². The molecule has 0 saturated heterocycles. The van der Waals surface area contributed by atoms with Crippen molar-refractivity contribution in [3.8, 4) is 6.07 Å². The van der Waals surface area contributed by atoms with Gasteiger partial charge in [-0.3, -0.25) is 4.79 Å². The molecule has 2 aromatic carbocycles. The number of para-hydroxylation sites is 1. The zero-order valence-corrected chi connectivity index (χ0v) is 16.0. The molecule has 7 heteroatoms. The van der Waals surface area contributed by atoms with E-state index in [0.29, 0.717) is 15.7 Å². The van der Waals surface area contributed by atoms with Crippen molar-refractivity contribution in [3.63, 3.8) is 0 Å². The Morgan fingerprint density at radius 1 is 1.19 bits per heavy atom. The summed E-state index contributed by atoms with van der Waals surface area (Å²) in [5.41, 5.74) is 3.27. The van der Waals surface area contributed by atoms with Gasteiger partial charge in [-0.15, -0.1) is 0 Å². The minimum Gasteiger partial charge on any atom is -0.301 e. The fraction of sp³-hybridized carbons (Fsp3) is 0.100. The molecule has 27 heavy (non-hydrogen) atoms. The van der Waals surface area contributed by atoms with Gasteiger partial charge in [-0.05, 0) is 37.3 Å². The summed E-state index contributed by atoms with van der Waals surface area (Å²) >= 11 is 2.69. The monoisotopic (exact) mass is 390 g/mol. The Kier molecular flexibility index (Phi) is 4.75. The maximum Gasteiger partial charge on any atom is 0.236 e. The number of aryl methyl sites for hydroxylation is 1. The van der Waals surface area contributed by atoms with Crippen LogP contribution in [0.25, 0.3) is 21.1 Å². The molecule has 2 aromatic heterocycles. The average Bonchev–Trinajstić information content (AvgIpc) is 3.07. The number of nitriles is 1. The minimum absolute atomic E-state index is 0.162. The first kappa shape index (κ1) is 17.5. The second kappa shape index (κ2) is 7.35. The molecule has 5 nitrogen and oxygen atoms in total. The van der Waals surface area contributed by atoms with Crippen molar-refractivity contribution in [3.05, 3.63) is 59.7 Å². The molecular weight excluding hydrogens is 376 g/mol. The number of hydrogen-bond donors (Lipinski definition) is 1. The van der Waals surface area contributed by atoms with Gasteiger partial charge in [0.15, 0.2) is 5.13 Å². The van der Waals surface area contributed by atoms with Gasteiger partial charge in [-0.1, -0.05) is 46.9 Å². The van der Waals surface area contributed by atoms with Crippen LogP contribution in [0.1, 0.15) is 11.1 Å². The van der Waals surface area contributed by atoms with Gasteiger partial charge in [0.05, 0.1) is 27.0 Å². The van der Waals surface area contributed by atoms with E-state index in [1.807, 2.05) is 55.5 Å². The van der Waals surface area contributed by atoms with Crippen molar-refractivity contribution in [1.82, 2.24) is 9.97 Å². The Bertz CT molecular complexity index is 1180. The number of hydrogen-bond acceptors (Lipinski definition) is 6. The van der Waals surface area contributed by atoms with E-state index in [0.717, 1.165) is 26.7 Å². The van der Waals surface area contributed by atoms with Crippen molar-refractivity contribution in [1.29, 1.82) is 5.26 Å². The fourth-order valence-corrected chi connectivity index (χ4v) is 4.33. The molecule has 1 N–H and O–H groups in total. The van der Waals surface area contributed by atoms with E-state index >= 15 is 0 Å². The topological polar surface area (TPSA) is 78.7 Å². The first-order chi connectivity index (χ1) is 13.1. The smallest absolute Gasteiger partial charge is 0.236 e. The third-order valence-electron chi connectivity index (χ3n) is 3.94. The second-order valence-corrected chi connectivity index (χ2v) is 7.97. The van der Waals surface area contributed by atoms with Crippen molar-refractivity contribution < 1.29 is 4.79 Å². The summed E-state index contributed by atoms with van der Waals surface area (Å²) in [7, 11) is 0. The number of fused-ring (bicyclic) bond motifs is 2. The lowest BCUT2D eigenvalue weighted by atomic mass is 10.1. The number of carbonyl (C=O) groups is 1. The molecule has 0 aliphatic rings. The predicted octanol–water partition coefficient (Wildman–Crippen LogP) is 4.76. The van der Waals surface area contributed by atoms with Gasteiger partial charge >= 0.3 is 0 Å². The molecule has 2 heterocycles. The van der Waals surface area contributed by atoms with Gasteiger partial charge in [0, 0.05) is 5.39 Å². The summed E-state index contributed by atoms with van der Waals surface area (Å²) in [4.78, 5) is 21.2. The Morgan fingerprint density at radius 3 is 2.85 bits per heavy atom. The third kappa shape index (κ3) is 3.77. The molecule has 0 atom stereocenters. The first-order valence-electron chi connectivity index (χ1n) is 8.22. The highest BCUT2D eigenvalue weighted by Crippen LogP contribution is 2.27. The van der Waals surface area contributed by atoms with Gasteiger partial charge < -0.3 is 5.32 Å². The van der Waals surface area contributed by atoms with Crippen molar-refractivity contribution in [2.24, 2.45) is 0 Å². The second-order valence-electron chi connectivity index (χ2n) is 5.97. The number of nitrogens with one attached hydrogen (secondary N) is 1. The maximum absolute atomic E-state index is 12.3. The number of nitrogens with zero attached hydrogens (tertiary/aromatic N) is 3. The van der Waals surface area contributed by atoms with Gasteiger partial charge in [-0.2, -0.15) is 5.26 Å². The lowest BCUT2D eigenvalue weighted by molar-refractivity contribution is -0.113. The molecule has 4 rings (SSSR count). The Balaban J connectivity index is 1.49. The highest BCUT2D eigenvalue weighted by molar-refractivity contribution is 8.00. The molecular formula is C20H14N4OS2. The number of rotatable bonds is 4. The number of amides is 1. The average molecular weight is 390 g/mol. The fourth-order valence-electron chi connectivity index (χ4n) is 2.68. The van der Waals surface area contributed by atoms with Crippen LogP contribution in [-0.4, -0.2) is 21.6 Å². The van der Waals surface area contributed by atoms with Crippen molar-refractivity contribution in [2.45, 2.75) is 11.9 Å². The molecule has 0 aliphatic carbocycles. The van der Waals surface area contributed by atoms with Crippen LogP contribution in [0, 0.1) is 18.3 Å². The van der Waals surface area contributed by atoms with Gasteiger partial charge in [0.1, 0.15) is 11.1 Å². The Morgan fingerprint density at radius 2 is 2.04 bits per heavy atom. The third-order valence-corrected chi connectivity index (χ3v) is 5.88. The number of thiazole rings is 1. The van der Waals surface area contributed by atoms with E-state index in [1.54, 1.807) is 0 Å². The van der Waals surface area contributed by atoms with Crippen LogP contribution in [0.2, 0.25) is 0 Å². The zero-order chi connectivity index (χ0) is 18.8. The maximum atomic E-state index is 12.3. The molecule has 0 spiro atoms. The normalized spacial score (nSPS) is 10.8. The van der Waals surface area contributed by atoms with Crippen LogP contribution in [0.15, 0.2) is 53.6 Å². The molecule has 0 fully saturated rings. The van der Waals surface area contributed by atoms with E-state index in [-0.39, 0.29) is 11.7 Å². The summed E-state index contributed by atoms with van der Waals surface area (Å²) < 4.78 is 1.03. The Labute approximate surface area is 164 Å². The number of thioether (sulfide) groups is 1. The van der Waals surface area contributed by atoms with Crippen LogP contribution in [0.5, 0.6) is 0 Å². The van der Waals surface area contributed by atoms with Crippen LogP contribution < -0.4 is 5.32 Å². The lowest BCUT2D eigenvalue weighted by Gasteiger charge is -2.06. The van der Waals surface area contributed by atoms with Crippen LogP contribution in [0.3, 0.4) is 0 Å². The molecule has 0 saturated carbocycles. The molecule has 1 amide bonds. The summed E-state index contributed by atoms with van der Waals surface area (Å²) in [5.74, 6) is -0.0108. The van der Waals surface area contributed by atoms with Crippen molar-refractivity contribution >= 4 is 55.3 Å². The molecule has 0 bridgehead atoms. The van der Waals surface area contributed by atoms with E-state index in [4.69, 9.17) is 0 Å². The minimum atomic E-state index is -0.172. The van der Waals surface area contributed by atoms with E-state index in [9.17, 15) is 10.1 Å². The number of benzene rings is 2. The molecule has 0 radical (unpaired) electrons. The summed E-state index contributed by atoms with van der Waals surface area (Å²) in [5, 5.41) is 14.3. The highest BCUT2D eigenvalue weighted by atomic mass is 32.2. The van der Waals surface area contributed by atoms with E-state index in [2.05, 4.69) is 21.4 Å². The summed E-state index contributed by atoms with van der Waals surface area (Å²) in [6, 6.07) is 17.6. The standard InChI is InChI=1S/C20H14N4OS2/c1-12-6-7-15-13(8-12)9-14(10-21)19(22-15)26-11-18(25)24-20-23-16-4-2-3-5-17(16)27-20/h2-9H,11H2,1H3,(H,23,24,25). The number of carbonyl (C=O) groups excluding carboxylic acids is 1. The van der Waals surface area contributed by atoms with Gasteiger partial charge in [0.2, 0.25) is 5.91 Å². The molecule has 4 aromatic rings. The van der Waals surface area contributed by atoms with Crippen LogP contribution >= 0.6 is 23.1 Å². The summed E-state index contributed by atoms with van der Waals surface area (Å²) in [6.07, 6.45) is 0.